The van der Waals surface area contributed by atoms with Crippen LogP contribution in [0.5, 0.6) is 5.75 Å². The van der Waals surface area contributed by atoms with Gasteiger partial charge in [0.25, 0.3) is 17.9 Å². The highest BCUT2D eigenvalue weighted by Gasteiger charge is 2.57. The highest BCUT2D eigenvalue weighted by Crippen LogP contribution is 2.33. The number of thiazole rings is 1. The number of aliphatic carboxylic acids is 1. The molecule has 6 N–H and O–H groups in total. The number of amides is 2. The lowest BCUT2D eigenvalue weighted by atomic mass is 9.84. The maximum Gasteiger partial charge on any atom is 0.351 e. The number of hydroxylamine groups is 2. The van der Waals surface area contributed by atoms with Gasteiger partial charge in [-0.15, -0.1) is 11.3 Å². The lowest BCUT2D eigenvalue weighted by Gasteiger charge is -2.51. The number of carbonyl (C=O) groups excluding carboxylic acids is 2. The summed E-state index contributed by atoms with van der Waals surface area (Å²) in [6, 6.07) is 5.71. The molecule has 0 spiro atoms. The first kappa shape index (κ1) is 34.4. The van der Waals surface area contributed by atoms with E-state index in [2.05, 4.69) is 39.9 Å². The Balaban J connectivity index is 1.20. The number of ether oxygens (including phenoxy) is 1. The van der Waals surface area contributed by atoms with Crippen LogP contribution in [0.2, 0.25) is 0 Å². The molecule has 2 aliphatic rings. The number of carboxylic acids is 1. The van der Waals surface area contributed by atoms with Gasteiger partial charge in [0.2, 0.25) is 10.4 Å². The Morgan fingerprint density at radius 2 is 2.02 bits per heavy atom. The third-order valence-electron chi connectivity index (χ3n) is 7.28. The Labute approximate surface area is 277 Å². The van der Waals surface area contributed by atoms with Gasteiger partial charge < -0.3 is 40.9 Å². The molecule has 0 aromatic carbocycles. The van der Waals surface area contributed by atoms with Gasteiger partial charge in [-0.2, -0.15) is 9.35 Å². The molecule has 256 valence electrons. The average Bonchev–Trinajstić information content (AvgIpc) is 3.44. The fraction of sp³-hybridized carbons (Fsp3) is 0.370. The number of nitrogens with two attached hydrogens (primary N) is 1. The molecule has 2 atom stereocenters. The third-order valence-corrected chi connectivity index (χ3v) is 8.29. The molecule has 48 heavy (non-hydrogen) atoms. The van der Waals surface area contributed by atoms with Gasteiger partial charge in [-0.1, -0.05) is 5.16 Å². The van der Waals surface area contributed by atoms with Crippen LogP contribution in [0.1, 0.15) is 19.5 Å². The summed E-state index contributed by atoms with van der Waals surface area (Å²) in [5, 5.41) is 23.9. The van der Waals surface area contributed by atoms with Gasteiger partial charge in [-0.25, -0.2) is 27.7 Å². The fourth-order valence-electron chi connectivity index (χ4n) is 4.58. The zero-order valence-corrected chi connectivity index (χ0v) is 27.1. The lowest BCUT2D eigenvalue weighted by molar-refractivity contribution is -0.703. The summed E-state index contributed by atoms with van der Waals surface area (Å²) < 4.78 is 44.8. The number of oxime groups is 1. The van der Waals surface area contributed by atoms with Crippen LogP contribution in [0.3, 0.4) is 0 Å². The Kier molecular flexibility index (Phi) is 10.0. The van der Waals surface area contributed by atoms with E-state index in [0.717, 1.165) is 36.7 Å². The number of aromatic nitrogens is 3. The second-order valence-corrected chi connectivity index (χ2v) is 13.1. The van der Waals surface area contributed by atoms with Crippen LogP contribution in [0, 0.1) is 5.92 Å². The standard InChI is InChI=1S/C27H31N9O10S2/c1-27(2)22(24(38)36(27)46-48(41,42)43)33-23(37)21(18-14-47-26(28)32-18)34-45-19(25(39)40)13-44-17-3-4-20(30-11-17)31-16-5-7-35(8-6-16)12-15-9-29-10-15/h3-8,11,14-15,19,22,29H,9-10,12-13H2,1-2H3,(H5,28,32,33,37,39,40,41,42,43)/b34-21-/t19-,22+/m0/s1. The number of hydrogen-bond acceptors (Lipinski definition) is 16. The Morgan fingerprint density at radius 3 is 2.56 bits per heavy atom. The smallest absolute Gasteiger partial charge is 0.351 e. The number of nitrogen functional groups attached to an aromatic ring is 1. The van der Waals surface area contributed by atoms with Crippen molar-refractivity contribution >= 4 is 61.9 Å². The zero-order chi connectivity index (χ0) is 34.6. The van der Waals surface area contributed by atoms with Crippen molar-refractivity contribution < 1.29 is 50.9 Å². The summed E-state index contributed by atoms with van der Waals surface area (Å²) >= 11 is 0.948. The number of anilines is 3. The highest BCUT2D eigenvalue weighted by molar-refractivity contribution is 7.80. The first-order valence-electron chi connectivity index (χ1n) is 14.2. The molecular formula is C27H31N9O10S2. The van der Waals surface area contributed by atoms with Crippen molar-refractivity contribution in [2.45, 2.75) is 38.1 Å². The largest absolute Gasteiger partial charge is 0.724 e. The second kappa shape index (κ2) is 14.0. The molecule has 0 aliphatic carbocycles. The van der Waals surface area contributed by atoms with Gasteiger partial charge in [-0.05, 0) is 26.0 Å². The van der Waals surface area contributed by atoms with Crippen molar-refractivity contribution in [3.05, 3.63) is 53.9 Å². The van der Waals surface area contributed by atoms with E-state index in [0.29, 0.717) is 16.8 Å². The molecule has 0 radical (unpaired) electrons. The van der Waals surface area contributed by atoms with Gasteiger partial charge in [0.1, 0.15) is 29.9 Å². The maximum atomic E-state index is 13.2. The van der Waals surface area contributed by atoms with Gasteiger partial charge in [0.05, 0.1) is 17.4 Å². The number of carboxylic acid groups (broad SMARTS) is 1. The molecule has 5 heterocycles. The monoisotopic (exact) mass is 705 g/mol. The van der Waals surface area contributed by atoms with E-state index >= 15 is 0 Å². The molecule has 2 saturated heterocycles. The van der Waals surface area contributed by atoms with E-state index in [1.165, 1.54) is 25.4 Å². The van der Waals surface area contributed by atoms with Crippen LogP contribution in [0.15, 0.2) is 53.4 Å². The van der Waals surface area contributed by atoms with E-state index in [-0.39, 0.29) is 16.6 Å². The summed E-state index contributed by atoms with van der Waals surface area (Å²) in [6.45, 7) is 5.09. The highest BCUT2D eigenvalue weighted by atomic mass is 32.3. The minimum atomic E-state index is -5.27. The van der Waals surface area contributed by atoms with Gasteiger partial charge in [0, 0.05) is 36.5 Å². The van der Waals surface area contributed by atoms with Crippen molar-refractivity contribution in [3.63, 3.8) is 0 Å². The predicted octanol–water partition coefficient (Wildman–Crippen LogP) is -0.879. The van der Waals surface area contributed by atoms with Gasteiger partial charge in [-0.3, -0.25) is 9.59 Å². The van der Waals surface area contributed by atoms with Crippen LogP contribution in [0.25, 0.3) is 0 Å². The fourth-order valence-corrected chi connectivity index (χ4v) is 5.57. The number of pyridine rings is 2. The molecule has 2 fully saturated rings. The summed E-state index contributed by atoms with van der Waals surface area (Å²) in [5.41, 5.74) is 4.40. The zero-order valence-electron chi connectivity index (χ0n) is 25.4. The molecule has 3 aromatic rings. The van der Waals surface area contributed by atoms with E-state index in [4.69, 9.17) is 15.3 Å². The van der Waals surface area contributed by atoms with E-state index in [9.17, 15) is 32.5 Å². The molecule has 3 aromatic heterocycles. The van der Waals surface area contributed by atoms with Crippen LogP contribution in [-0.2, 0) is 40.4 Å². The number of nitrogens with zero attached hydrogens (tertiary/aromatic N) is 5. The third kappa shape index (κ3) is 8.30. The van der Waals surface area contributed by atoms with Gasteiger partial charge >= 0.3 is 5.97 Å². The first-order chi connectivity index (χ1) is 22.7. The number of hydrogen-bond donors (Lipinski definition) is 5. The average molecular weight is 706 g/mol. The van der Waals surface area contributed by atoms with Gasteiger partial charge in [0.15, 0.2) is 29.8 Å². The molecule has 19 nitrogen and oxygen atoms in total. The Hall–Kier alpha value is -4.96. The van der Waals surface area contributed by atoms with Crippen molar-refractivity contribution in [2.75, 3.05) is 30.7 Å². The molecule has 0 unspecified atom stereocenters. The van der Waals surface area contributed by atoms with E-state index < -0.39 is 58.2 Å². The molecule has 2 amide bonds. The predicted molar refractivity (Wildman–Crippen MR) is 165 cm³/mol. The lowest BCUT2D eigenvalue weighted by Crippen LogP contribution is -2.76. The molecule has 0 saturated carbocycles. The van der Waals surface area contributed by atoms with E-state index in [1.54, 1.807) is 12.1 Å². The Bertz CT molecular complexity index is 1800. The molecule has 21 heteroatoms. The van der Waals surface area contributed by atoms with Crippen LogP contribution >= 0.6 is 11.3 Å². The normalized spacial score (nSPS) is 18.3. The molecular weight excluding hydrogens is 674 g/mol. The summed E-state index contributed by atoms with van der Waals surface area (Å²) in [7, 11) is -5.27. The quantitative estimate of drug-likeness (QED) is 0.0321. The molecule has 5 rings (SSSR count). The van der Waals surface area contributed by atoms with Crippen molar-refractivity contribution in [1.82, 2.24) is 25.7 Å². The number of carbonyl (C=O) groups is 3. The molecule has 2 aliphatic heterocycles. The second-order valence-electron chi connectivity index (χ2n) is 11.2. The minimum absolute atomic E-state index is 0.0481. The topological polar surface area (TPSA) is 264 Å². The summed E-state index contributed by atoms with van der Waals surface area (Å²) in [5.74, 6) is -2.18. The van der Waals surface area contributed by atoms with Crippen molar-refractivity contribution in [2.24, 2.45) is 11.1 Å². The van der Waals surface area contributed by atoms with Crippen LogP contribution in [-0.4, -0.2) is 94.0 Å². The summed E-state index contributed by atoms with van der Waals surface area (Å²) in [6.07, 6.45) is 3.64. The van der Waals surface area contributed by atoms with E-state index in [1.807, 2.05) is 24.5 Å². The van der Waals surface area contributed by atoms with Crippen LogP contribution < -0.4 is 31.0 Å². The SMILES string of the molecule is CC1(C)[C@H](NC(=O)/C(=N\O[C@@H](COc2ccc(Nc3cc[n+](CC4CNC4)cc3)nc2)C(=O)O)c2csc(N)n2)C(=O)N1OS(=O)(=O)[O-]. The number of rotatable bonds is 15. The van der Waals surface area contributed by atoms with Crippen LogP contribution in [0.4, 0.5) is 16.6 Å². The summed E-state index contributed by atoms with van der Waals surface area (Å²) in [4.78, 5) is 51.0. The first-order valence-corrected chi connectivity index (χ1v) is 16.4. The van der Waals surface area contributed by atoms with Crippen molar-refractivity contribution in [3.8, 4) is 5.75 Å². The van der Waals surface area contributed by atoms with Crippen molar-refractivity contribution in [1.29, 1.82) is 0 Å². The maximum absolute atomic E-state index is 13.2. The molecule has 0 bridgehead atoms. The Morgan fingerprint density at radius 1 is 1.29 bits per heavy atom. The number of β-lactam (4-membered cyclic amide) rings is 1. The minimum Gasteiger partial charge on any atom is -0.724 e. The number of nitrogens with one attached hydrogen (secondary N) is 3.